The second-order valence-electron chi connectivity index (χ2n) is 9.20. The fourth-order valence-electron chi connectivity index (χ4n) is 3.83. The molecule has 1 atom stereocenters. The van der Waals surface area contributed by atoms with Gasteiger partial charge in [0.25, 0.3) is 0 Å². The fourth-order valence-corrected chi connectivity index (χ4v) is 3.83. The van der Waals surface area contributed by atoms with E-state index >= 15 is 0 Å². The molecule has 0 spiro atoms. The van der Waals surface area contributed by atoms with E-state index in [0.29, 0.717) is 17.7 Å². The van der Waals surface area contributed by atoms with Gasteiger partial charge in [0.15, 0.2) is 0 Å². The molecular weight excluding hydrogens is 400 g/mol. The molecule has 0 aromatic heterocycles. The van der Waals surface area contributed by atoms with Gasteiger partial charge in [-0.2, -0.15) is 0 Å². The molecule has 0 heterocycles. The van der Waals surface area contributed by atoms with Crippen LogP contribution >= 0.6 is 0 Å². The molecular formula is C28H46O4. The predicted molar refractivity (Wildman–Crippen MR) is 132 cm³/mol. The quantitative estimate of drug-likeness (QED) is 0.169. The standard InChI is InChI=1S/C28H46O4/c1-5-7-8-9-10-11-12-13-14-15-16-17-22-31-27(29)24-18-20-25(21-19-24)28(30)32-26(6-2)23(3)4/h18-21,23,26H,5-17,22H2,1-4H3. The monoisotopic (exact) mass is 446 g/mol. The Balaban J connectivity index is 2.14. The first-order valence-corrected chi connectivity index (χ1v) is 13.0. The van der Waals surface area contributed by atoms with Crippen LogP contribution in [0.1, 0.15) is 132 Å². The van der Waals surface area contributed by atoms with Crippen molar-refractivity contribution < 1.29 is 19.1 Å². The minimum Gasteiger partial charge on any atom is -0.462 e. The maximum atomic E-state index is 12.3. The summed E-state index contributed by atoms with van der Waals surface area (Å²) in [6, 6.07) is 6.54. The molecule has 0 aliphatic carbocycles. The zero-order valence-corrected chi connectivity index (χ0v) is 21.0. The first kappa shape index (κ1) is 28.2. The zero-order chi connectivity index (χ0) is 23.6. The van der Waals surface area contributed by atoms with E-state index < -0.39 is 0 Å². The number of unbranched alkanes of at least 4 members (excludes halogenated alkanes) is 11. The summed E-state index contributed by atoms with van der Waals surface area (Å²) in [6.07, 6.45) is 16.1. The van der Waals surface area contributed by atoms with Crippen LogP contribution in [0.3, 0.4) is 0 Å². The molecule has 4 heteroatoms. The molecule has 182 valence electrons. The number of carbonyl (C=O) groups excluding carboxylic acids is 2. The van der Waals surface area contributed by atoms with Gasteiger partial charge in [-0.25, -0.2) is 9.59 Å². The molecule has 0 bridgehead atoms. The third-order valence-electron chi connectivity index (χ3n) is 5.99. The summed E-state index contributed by atoms with van der Waals surface area (Å²) >= 11 is 0. The van der Waals surface area contributed by atoms with Crippen molar-refractivity contribution in [3.8, 4) is 0 Å². The van der Waals surface area contributed by atoms with E-state index in [0.717, 1.165) is 19.3 Å². The minimum absolute atomic E-state index is 0.0947. The molecule has 0 fully saturated rings. The van der Waals surface area contributed by atoms with E-state index in [1.165, 1.54) is 64.2 Å². The van der Waals surface area contributed by atoms with E-state index in [4.69, 9.17) is 9.47 Å². The summed E-state index contributed by atoms with van der Waals surface area (Å²) in [6.45, 7) is 8.79. The Kier molecular flexibility index (Phi) is 15.6. The Morgan fingerprint density at radius 2 is 1.12 bits per heavy atom. The smallest absolute Gasteiger partial charge is 0.338 e. The van der Waals surface area contributed by atoms with E-state index in [-0.39, 0.29) is 24.0 Å². The maximum absolute atomic E-state index is 12.3. The summed E-state index contributed by atoms with van der Waals surface area (Å²) in [5, 5.41) is 0. The van der Waals surface area contributed by atoms with Crippen molar-refractivity contribution in [1.82, 2.24) is 0 Å². The molecule has 0 aliphatic heterocycles. The van der Waals surface area contributed by atoms with Crippen molar-refractivity contribution >= 4 is 11.9 Å². The molecule has 1 aromatic carbocycles. The Morgan fingerprint density at radius 3 is 1.56 bits per heavy atom. The number of esters is 2. The van der Waals surface area contributed by atoms with Gasteiger partial charge in [-0.05, 0) is 43.0 Å². The number of rotatable bonds is 18. The average Bonchev–Trinajstić information content (AvgIpc) is 2.80. The molecule has 4 nitrogen and oxygen atoms in total. The Hall–Kier alpha value is -1.84. The third-order valence-corrected chi connectivity index (χ3v) is 5.99. The van der Waals surface area contributed by atoms with Gasteiger partial charge in [-0.3, -0.25) is 0 Å². The van der Waals surface area contributed by atoms with Crippen LogP contribution in [0.4, 0.5) is 0 Å². The topological polar surface area (TPSA) is 52.6 Å². The highest BCUT2D eigenvalue weighted by Crippen LogP contribution is 2.15. The Morgan fingerprint density at radius 1 is 0.688 bits per heavy atom. The van der Waals surface area contributed by atoms with Crippen LogP contribution in [-0.4, -0.2) is 24.6 Å². The van der Waals surface area contributed by atoms with Crippen LogP contribution in [0.5, 0.6) is 0 Å². The molecule has 0 saturated heterocycles. The first-order chi connectivity index (χ1) is 15.5. The van der Waals surface area contributed by atoms with Gasteiger partial charge in [0, 0.05) is 0 Å². The highest BCUT2D eigenvalue weighted by atomic mass is 16.5. The molecule has 32 heavy (non-hydrogen) atoms. The SMILES string of the molecule is CCCCCCCCCCCCCCOC(=O)c1ccc(C(=O)OC(CC)C(C)C)cc1. The van der Waals surface area contributed by atoms with Crippen molar-refractivity contribution in [2.45, 2.75) is 117 Å². The highest BCUT2D eigenvalue weighted by molar-refractivity contribution is 5.93. The van der Waals surface area contributed by atoms with Crippen LogP contribution in [-0.2, 0) is 9.47 Å². The summed E-state index contributed by atoms with van der Waals surface area (Å²) in [7, 11) is 0. The zero-order valence-electron chi connectivity index (χ0n) is 21.0. The average molecular weight is 447 g/mol. The lowest BCUT2D eigenvalue weighted by atomic mass is 10.0. The van der Waals surface area contributed by atoms with Crippen LogP contribution < -0.4 is 0 Å². The highest BCUT2D eigenvalue weighted by Gasteiger charge is 2.18. The lowest BCUT2D eigenvalue weighted by Crippen LogP contribution is -2.22. The second-order valence-corrected chi connectivity index (χ2v) is 9.20. The van der Waals surface area contributed by atoms with Gasteiger partial charge in [0.2, 0.25) is 0 Å². The molecule has 1 unspecified atom stereocenters. The third kappa shape index (κ3) is 12.3. The molecule has 0 saturated carbocycles. The Labute approximate surface area is 196 Å². The van der Waals surface area contributed by atoms with E-state index in [1.807, 2.05) is 20.8 Å². The van der Waals surface area contributed by atoms with Crippen LogP contribution in [0.2, 0.25) is 0 Å². The first-order valence-electron chi connectivity index (χ1n) is 13.0. The second kappa shape index (κ2) is 17.7. The Bertz CT molecular complexity index is 621. The summed E-state index contributed by atoms with van der Waals surface area (Å²) < 4.78 is 10.9. The van der Waals surface area contributed by atoms with Gasteiger partial charge in [-0.1, -0.05) is 98.3 Å². The number of benzene rings is 1. The van der Waals surface area contributed by atoms with Crippen LogP contribution in [0, 0.1) is 5.92 Å². The lowest BCUT2D eigenvalue weighted by Gasteiger charge is -2.19. The van der Waals surface area contributed by atoms with Gasteiger partial charge >= 0.3 is 11.9 Å². The largest absolute Gasteiger partial charge is 0.462 e. The summed E-state index contributed by atoms with van der Waals surface area (Å²) in [5.41, 5.74) is 0.929. The maximum Gasteiger partial charge on any atom is 0.338 e. The van der Waals surface area contributed by atoms with Crippen LogP contribution in [0.15, 0.2) is 24.3 Å². The number of hydrogen-bond donors (Lipinski definition) is 0. The number of ether oxygens (including phenoxy) is 2. The predicted octanol–water partition coefficient (Wildman–Crippen LogP) is 8.14. The van der Waals surface area contributed by atoms with Crippen molar-refractivity contribution in [3.05, 3.63) is 35.4 Å². The van der Waals surface area contributed by atoms with Crippen molar-refractivity contribution in [2.24, 2.45) is 5.92 Å². The molecule has 1 rings (SSSR count). The summed E-state index contributed by atoms with van der Waals surface area (Å²) in [5.74, 6) is -0.401. The van der Waals surface area contributed by atoms with Crippen molar-refractivity contribution in [3.63, 3.8) is 0 Å². The van der Waals surface area contributed by atoms with Gasteiger partial charge in [0.05, 0.1) is 17.7 Å². The normalized spacial score (nSPS) is 12.0. The van der Waals surface area contributed by atoms with E-state index in [2.05, 4.69) is 6.92 Å². The molecule has 0 radical (unpaired) electrons. The van der Waals surface area contributed by atoms with E-state index in [1.54, 1.807) is 24.3 Å². The molecule has 1 aromatic rings. The number of hydrogen-bond acceptors (Lipinski definition) is 4. The van der Waals surface area contributed by atoms with Gasteiger partial charge in [-0.15, -0.1) is 0 Å². The van der Waals surface area contributed by atoms with Crippen molar-refractivity contribution in [2.75, 3.05) is 6.61 Å². The molecule has 0 amide bonds. The fraction of sp³-hybridized carbons (Fsp3) is 0.714. The molecule has 0 N–H and O–H groups in total. The van der Waals surface area contributed by atoms with Gasteiger partial charge in [0.1, 0.15) is 6.10 Å². The molecule has 0 aliphatic rings. The van der Waals surface area contributed by atoms with Gasteiger partial charge < -0.3 is 9.47 Å². The lowest BCUT2D eigenvalue weighted by molar-refractivity contribution is 0.0173. The van der Waals surface area contributed by atoms with Crippen LogP contribution in [0.25, 0.3) is 0 Å². The van der Waals surface area contributed by atoms with E-state index in [9.17, 15) is 9.59 Å². The number of carbonyl (C=O) groups is 2. The minimum atomic E-state index is -0.345. The summed E-state index contributed by atoms with van der Waals surface area (Å²) in [4.78, 5) is 24.5. The van der Waals surface area contributed by atoms with Crippen molar-refractivity contribution in [1.29, 1.82) is 0 Å².